The number of nitrogens with zero attached hydrogens (tertiary/aromatic N) is 4. The largest absolute Gasteiger partial charge is 0.311 e. The lowest BCUT2D eigenvalue weighted by molar-refractivity contribution is 0.978. The highest BCUT2D eigenvalue weighted by Gasteiger charge is 2.29. The maximum Gasteiger partial charge on any atom is 0.0463 e. The Morgan fingerprint density at radius 3 is 0.921 bits per heavy atom. The first-order chi connectivity index (χ1) is 44.2. The summed E-state index contributed by atoms with van der Waals surface area (Å²) >= 11 is 1.90. The molecule has 13 aromatic carbocycles. The first-order valence-electron chi connectivity index (χ1n) is 30.5. The average Bonchev–Trinajstić information content (AvgIpc) is 1.74. The van der Waals surface area contributed by atoms with Crippen molar-refractivity contribution in [2.45, 2.75) is 12.8 Å². The van der Waals surface area contributed by atoms with Gasteiger partial charge in [-0.25, -0.2) is 0 Å². The molecule has 0 amide bonds. The Bertz CT molecular complexity index is 4640. The summed E-state index contributed by atoms with van der Waals surface area (Å²) in [6, 6.07) is 125. The van der Waals surface area contributed by atoms with E-state index >= 15 is 0 Å². The molecule has 1 aliphatic carbocycles. The monoisotopic (exact) mass is 1160 g/mol. The molecule has 14 aromatic rings. The quantitative estimate of drug-likeness (QED) is 0.0956. The van der Waals surface area contributed by atoms with Gasteiger partial charge in [0.15, 0.2) is 0 Å². The van der Waals surface area contributed by atoms with Crippen LogP contribution >= 0.6 is 11.3 Å². The highest BCUT2D eigenvalue weighted by Crippen LogP contribution is 2.54. The Kier molecular flexibility index (Phi) is 15.1. The zero-order valence-electron chi connectivity index (χ0n) is 49.1. The number of benzene rings is 13. The van der Waals surface area contributed by atoms with Crippen LogP contribution in [0.3, 0.4) is 0 Å². The number of anilines is 12. The Morgan fingerprint density at radius 1 is 0.236 bits per heavy atom. The van der Waals surface area contributed by atoms with Crippen molar-refractivity contribution in [1.29, 1.82) is 0 Å². The molecule has 1 aliphatic rings. The van der Waals surface area contributed by atoms with E-state index in [4.69, 9.17) is 0 Å². The summed E-state index contributed by atoms with van der Waals surface area (Å²) in [5.41, 5.74) is 23.1. The molecule has 0 saturated heterocycles. The Balaban J connectivity index is 0.859. The molecule has 424 valence electrons. The number of aryl methyl sites for hydroxylation is 1. The maximum atomic E-state index is 2.50. The van der Waals surface area contributed by atoms with E-state index in [0.29, 0.717) is 0 Å². The SMILES string of the molecule is C1=C(c2c(-c3ccc(N(c4ccccc4)c4ccc(N(c5ccccc5)c5ccccc5)cc4)cc3)sc(-c3ccc(N(c4ccccc4)c4ccc(N(c5ccccc5)c5ccccc5)cc4)cc3)c2-c2cccc3ccccc23)c2ccccc2CC1. The minimum Gasteiger partial charge on any atom is -0.311 e. The van der Waals surface area contributed by atoms with Gasteiger partial charge < -0.3 is 19.6 Å². The minimum atomic E-state index is 0.964. The second kappa shape index (κ2) is 24.6. The molecule has 4 nitrogen and oxygen atoms in total. The van der Waals surface area contributed by atoms with Crippen LogP contribution in [0, 0.1) is 0 Å². The predicted octanol–water partition coefficient (Wildman–Crippen LogP) is 24.2. The molecule has 0 aliphatic heterocycles. The molecule has 0 bridgehead atoms. The van der Waals surface area contributed by atoms with Crippen LogP contribution < -0.4 is 19.6 Å². The highest BCUT2D eigenvalue weighted by molar-refractivity contribution is 7.20. The summed E-state index contributed by atoms with van der Waals surface area (Å²) in [5, 5.41) is 2.45. The van der Waals surface area contributed by atoms with Crippen LogP contribution in [0.5, 0.6) is 0 Å². The fourth-order valence-corrected chi connectivity index (χ4v) is 14.1. The lowest BCUT2D eigenvalue weighted by Gasteiger charge is -2.28. The van der Waals surface area contributed by atoms with Crippen molar-refractivity contribution in [2.24, 2.45) is 0 Å². The van der Waals surface area contributed by atoms with E-state index in [0.717, 1.165) is 86.7 Å². The zero-order chi connectivity index (χ0) is 59.3. The van der Waals surface area contributed by atoms with Crippen molar-refractivity contribution < 1.29 is 0 Å². The fourth-order valence-electron chi connectivity index (χ4n) is 12.8. The molecule has 0 saturated carbocycles. The number of hydrogen-bond acceptors (Lipinski definition) is 5. The van der Waals surface area contributed by atoms with E-state index in [-0.39, 0.29) is 0 Å². The first-order valence-corrected chi connectivity index (χ1v) is 31.4. The van der Waals surface area contributed by atoms with Gasteiger partial charge in [-0.2, -0.15) is 0 Å². The summed E-state index contributed by atoms with van der Waals surface area (Å²) in [5.74, 6) is 0. The Hall–Kier alpha value is -11.2. The van der Waals surface area contributed by atoms with E-state index in [1.165, 1.54) is 59.5 Å². The van der Waals surface area contributed by atoms with E-state index < -0.39 is 0 Å². The van der Waals surface area contributed by atoms with Crippen molar-refractivity contribution in [1.82, 2.24) is 0 Å². The van der Waals surface area contributed by atoms with Gasteiger partial charge in [-0.15, -0.1) is 11.3 Å². The van der Waals surface area contributed by atoms with Crippen molar-refractivity contribution in [3.8, 4) is 32.0 Å². The Labute approximate surface area is 525 Å². The standard InChI is InChI=1S/C84H62N4S/c1-7-29-65(30-8-1)85(66-31-9-2-10-32-66)73-53-57-75(58-54-73)87(69-37-15-5-16-38-69)71-49-45-63(46-50-71)83-81(79-43-23-27-61-25-19-21-41-77(61)79)82(80-44-24-28-62-26-20-22-42-78(62)80)84(89-83)64-47-51-72(52-48-64)88(70-39-17-6-18-40-70)76-59-55-74(56-60-76)86(67-33-11-3-12-34-67)68-35-13-4-14-36-68/h1-23,25-27,29-60H,24,28H2. The lowest BCUT2D eigenvalue weighted by Crippen LogP contribution is -2.12. The molecule has 0 atom stereocenters. The van der Waals surface area contributed by atoms with Crippen molar-refractivity contribution in [2.75, 3.05) is 19.6 Å². The number of para-hydroxylation sites is 6. The van der Waals surface area contributed by atoms with Gasteiger partial charge in [-0.05, 0) is 203 Å². The van der Waals surface area contributed by atoms with Crippen LogP contribution in [-0.2, 0) is 6.42 Å². The summed E-state index contributed by atoms with van der Waals surface area (Å²) in [7, 11) is 0. The first kappa shape index (κ1) is 54.4. The van der Waals surface area contributed by atoms with Crippen molar-refractivity contribution in [3.05, 3.63) is 369 Å². The predicted molar refractivity (Wildman–Crippen MR) is 379 cm³/mol. The fraction of sp³-hybridized carbons (Fsp3) is 0.0238. The van der Waals surface area contributed by atoms with Crippen molar-refractivity contribution >= 4 is 95.9 Å². The normalized spacial score (nSPS) is 11.8. The second-order valence-corrected chi connectivity index (χ2v) is 23.4. The number of hydrogen-bond donors (Lipinski definition) is 0. The number of rotatable bonds is 16. The lowest BCUT2D eigenvalue weighted by atomic mass is 9.82. The third-order valence-corrected chi connectivity index (χ3v) is 18.2. The molecule has 5 heteroatoms. The smallest absolute Gasteiger partial charge is 0.0463 e. The maximum absolute atomic E-state index is 2.50. The van der Waals surface area contributed by atoms with Crippen molar-refractivity contribution in [3.63, 3.8) is 0 Å². The molecule has 0 fully saturated rings. The molecular formula is C84H62N4S. The van der Waals surface area contributed by atoms with Gasteiger partial charge >= 0.3 is 0 Å². The van der Waals surface area contributed by atoms with Gasteiger partial charge in [0.25, 0.3) is 0 Å². The topological polar surface area (TPSA) is 13.0 Å². The van der Waals surface area contributed by atoms with Crippen LogP contribution in [0.2, 0.25) is 0 Å². The number of fused-ring (bicyclic) bond motifs is 2. The molecule has 0 unspecified atom stereocenters. The second-order valence-electron chi connectivity index (χ2n) is 22.3. The molecule has 0 radical (unpaired) electrons. The summed E-state index contributed by atoms with van der Waals surface area (Å²) < 4.78 is 0. The molecule has 0 N–H and O–H groups in total. The summed E-state index contributed by atoms with van der Waals surface area (Å²) in [6.45, 7) is 0. The van der Waals surface area contributed by atoms with Gasteiger partial charge in [-0.1, -0.05) is 206 Å². The van der Waals surface area contributed by atoms with E-state index in [2.05, 4.69) is 371 Å². The average molecular weight is 1160 g/mol. The van der Waals surface area contributed by atoms with Crippen LogP contribution in [0.15, 0.2) is 352 Å². The van der Waals surface area contributed by atoms with Gasteiger partial charge in [0.1, 0.15) is 0 Å². The van der Waals surface area contributed by atoms with Crippen LogP contribution in [0.25, 0.3) is 48.4 Å². The Morgan fingerprint density at radius 2 is 0.528 bits per heavy atom. The van der Waals surface area contributed by atoms with Gasteiger partial charge in [0.05, 0.1) is 0 Å². The molecule has 15 rings (SSSR count). The zero-order valence-corrected chi connectivity index (χ0v) is 49.9. The number of thiophene rings is 1. The minimum absolute atomic E-state index is 0.964. The van der Waals surface area contributed by atoms with Gasteiger partial charge in [0, 0.05) is 89.1 Å². The van der Waals surface area contributed by atoms with E-state index in [9.17, 15) is 0 Å². The van der Waals surface area contributed by atoms with Gasteiger partial charge in [0.2, 0.25) is 0 Å². The van der Waals surface area contributed by atoms with Crippen LogP contribution in [-0.4, -0.2) is 0 Å². The molecule has 89 heavy (non-hydrogen) atoms. The van der Waals surface area contributed by atoms with E-state index in [1.807, 2.05) is 11.3 Å². The summed E-state index contributed by atoms with van der Waals surface area (Å²) in [6.07, 6.45) is 4.48. The third kappa shape index (κ3) is 10.9. The highest BCUT2D eigenvalue weighted by atomic mass is 32.1. The van der Waals surface area contributed by atoms with Crippen LogP contribution in [0.1, 0.15) is 23.1 Å². The van der Waals surface area contributed by atoms with Crippen LogP contribution in [0.4, 0.5) is 68.2 Å². The third-order valence-electron chi connectivity index (χ3n) is 16.9. The summed E-state index contributed by atoms with van der Waals surface area (Å²) in [4.78, 5) is 11.8. The number of allylic oxidation sites excluding steroid dienone is 1. The van der Waals surface area contributed by atoms with E-state index in [1.54, 1.807) is 0 Å². The molecular weight excluding hydrogens is 1100 g/mol. The molecule has 0 spiro atoms. The molecule has 1 heterocycles. The van der Waals surface area contributed by atoms with Gasteiger partial charge in [-0.3, -0.25) is 0 Å². The molecule has 1 aromatic heterocycles.